The Morgan fingerprint density at radius 3 is 2.62 bits per heavy atom. The summed E-state index contributed by atoms with van der Waals surface area (Å²) in [7, 11) is 1.19. The molecule has 1 aromatic rings. The maximum atomic E-state index is 12.4. The van der Waals surface area contributed by atoms with Crippen LogP contribution in [0.4, 0.5) is 8.78 Å². The van der Waals surface area contributed by atoms with Crippen molar-refractivity contribution in [3.8, 4) is 5.75 Å². The fourth-order valence-corrected chi connectivity index (χ4v) is 1.55. The molecular formula is C7H6F2INO2. The fraction of sp³-hybridized carbons (Fsp3) is 0.286. The van der Waals surface area contributed by atoms with Crippen LogP contribution in [-0.2, 0) is 0 Å². The Balaban J connectivity index is 3.44. The van der Waals surface area contributed by atoms with E-state index in [0.29, 0.717) is 0 Å². The smallest absolute Gasteiger partial charge is 0.290 e. The Hall–Kier alpha value is -0.660. The molecule has 0 aliphatic carbocycles. The van der Waals surface area contributed by atoms with Gasteiger partial charge in [0, 0.05) is 9.77 Å². The molecule has 0 spiro atoms. The molecule has 0 fully saturated rings. The molecule has 0 atom stereocenters. The van der Waals surface area contributed by atoms with Gasteiger partial charge in [0.25, 0.3) is 12.0 Å². The van der Waals surface area contributed by atoms with Gasteiger partial charge in [0.2, 0.25) is 0 Å². The Bertz CT molecular complexity index is 364. The quantitative estimate of drug-likeness (QED) is 0.848. The monoisotopic (exact) mass is 301 g/mol. The van der Waals surface area contributed by atoms with E-state index in [1.807, 2.05) is 0 Å². The van der Waals surface area contributed by atoms with Gasteiger partial charge in [0.1, 0.15) is 0 Å². The summed E-state index contributed by atoms with van der Waals surface area (Å²) in [6.45, 7) is 0. The molecule has 0 aliphatic heterocycles. The third kappa shape index (κ3) is 1.98. The van der Waals surface area contributed by atoms with Crippen molar-refractivity contribution in [1.29, 1.82) is 0 Å². The van der Waals surface area contributed by atoms with Crippen LogP contribution in [0.5, 0.6) is 5.75 Å². The third-order valence-electron chi connectivity index (χ3n) is 1.46. The first-order chi connectivity index (χ1) is 6.07. The molecule has 1 N–H and O–H groups in total. The lowest BCUT2D eigenvalue weighted by Crippen LogP contribution is -2.13. The second-order valence-corrected chi connectivity index (χ2v) is 3.38. The summed E-state index contributed by atoms with van der Waals surface area (Å²) in [5.41, 5.74) is -0.995. The zero-order chi connectivity index (χ0) is 10.0. The van der Waals surface area contributed by atoms with Crippen LogP contribution in [0.15, 0.2) is 11.0 Å². The molecule has 6 heteroatoms. The molecule has 0 aromatic carbocycles. The zero-order valence-corrected chi connectivity index (χ0v) is 8.76. The largest absolute Gasteiger partial charge is 0.491 e. The molecule has 0 unspecified atom stereocenters. The van der Waals surface area contributed by atoms with E-state index >= 15 is 0 Å². The molecule has 0 saturated heterocycles. The Labute approximate surface area is 86.2 Å². The number of pyridine rings is 1. The maximum absolute atomic E-state index is 12.4. The number of hydrogen-bond donors (Lipinski definition) is 1. The van der Waals surface area contributed by atoms with Gasteiger partial charge in [-0.1, -0.05) is 0 Å². The van der Waals surface area contributed by atoms with Gasteiger partial charge in [-0.3, -0.25) is 4.79 Å². The van der Waals surface area contributed by atoms with E-state index in [1.54, 1.807) is 22.6 Å². The van der Waals surface area contributed by atoms with Crippen molar-refractivity contribution in [2.45, 2.75) is 6.43 Å². The first kappa shape index (κ1) is 10.4. The molecule has 0 saturated carbocycles. The number of methoxy groups -OCH3 is 1. The molecule has 3 nitrogen and oxygen atoms in total. The van der Waals surface area contributed by atoms with Gasteiger partial charge in [-0.2, -0.15) is 0 Å². The molecule has 1 rings (SSSR count). The molecule has 0 bridgehead atoms. The molecule has 0 amide bonds. The summed E-state index contributed by atoms with van der Waals surface area (Å²) in [6.07, 6.45) is -1.48. The molecule has 1 aromatic heterocycles. The van der Waals surface area contributed by atoms with Crippen molar-refractivity contribution >= 4 is 22.6 Å². The van der Waals surface area contributed by atoms with E-state index in [1.165, 1.54) is 13.3 Å². The number of rotatable bonds is 2. The van der Waals surface area contributed by atoms with Crippen LogP contribution in [0.1, 0.15) is 12.0 Å². The highest BCUT2D eigenvalue weighted by atomic mass is 127. The lowest BCUT2D eigenvalue weighted by Gasteiger charge is -2.07. The van der Waals surface area contributed by atoms with Crippen LogP contribution in [-0.4, -0.2) is 12.1 Å². The number of halogens is 3. The second kappa shape index (κ2) is 4.03. The van der Waals surface area contributed by atoms with Crippen LogP contribution >= 0.6 is 22.6 Å². The van der Waals surface area contributed by atoms with E-state index in [9.17, 15) is 13.6 Å². The number of aromatic nitrogens is 1. The van der Waals surface area contributed by atoms with Gasteiger partial charge in [-0.05, 0) is 22.6 Å². The highest BCUT2D eigenvalue weighted by molar-refractivity contribution is 14.1. The van der Waals surface area contributed by atoms with Crippen LogP contribution in [0.3, 0.4) is 0 Å². The lowest BCUT2D eigenvalue weighted by molar-refractivity contribution is 0.145. The van der Waals surface area contributed by atoms with Gasteiger partial charge < -0.3 is 9.72 Å². The van der Waals surface area contributed by atoms with E-state index in [-0.39, 0.29) is 14.9 Å². The van der Waals surface area contributed by atoms with Gasteiger partial charge in [-0.25, -0.2) is 8.78 Å². The number of ether oxygens (including phenoxy) is 1. The molecule has 0 radical (unpaired) electrons. The summed E-state index contributed by atoms with van der Waals surface area (Å²) in [5, 5.41) is 0. The molecule has 72 valence electrons. The predicted molar refractivity (Wildman–Crippen MR) is 51.3 cm³/mol. The molecular weight excluding hydrogens is 295 g/mol. The van der Waals surface area contributed by atoms with Crippen LogP contribution in [0.25, 0.3) is 0 Å². The summed E-state index contributed by atoms with van der Waals surface area (Å²) in [5.74, 6) is -0.318. The minimum absolute atomic E-state index is 0.282. The van der Waals surface area contributed by atoms with E-state index in [2.05, 4.69) is 9.72 Å². The van der Waals surface area contributed by atoms with Crippen molar-refractivity contribution in [3.63, 3.8) is 0 Å². The number of nitrogens with one attached hydrogen (secondary N) is 1. The van der Waals surface area contributed by atoms with Crippen LogP contribution in [0.2, 0.25) is 0 Å². The van der Waals surface area contributed by atoms with E-state index < -0.39 is 12.0 Å². The molecule has 13 heavy (non-hydrogen) atoms. The predicted octanol–water partition coefficient (Wildman–Crippen LogP) is 1.93. The van der Waals surface area contributed by atoms with Crippen molar-refractivity contribution in [3.05, 3.63) is 25.7 Å². The average molecular weight is 301 g/mol. The van der Waals surface area contributed by atoms with Gasteiger partial charge in [0.15, 0.2) is 5.75 Å². The van der Waals surface area contributed by atoms with E-state index in [0.717, 1.165) is 0 Å². The summed E-state index contributed by atoms with van der Waals surface area (Å²) in [4.78, 5) is 13.3. The Morgan fingerprint density at radius 1 is 1.62 bits per heavy atom. The van der Waals surface area contributed by atoms with Crippen LogP contribution < -0.4 is 10.3 Å². The normalized spacial score (nSPS) is 10.5. The summed E-state index contributed by atoms with van der Waals surface area (Å²) in [6, 6.07) is 0. The van der Waals surface area contributed by atoms with Gasteiger partial charge in [-0.15, -0.1) is 0 Å². The summed E-state index contributed by atoms with van der Waals surface area (Å²) >= 11 is 1.71. The molecule has 1 heterocycles. The zero-order valence-electron chi connectivity index (χ0n) is 6.61. The number of aromatic amines is 1. The first-order valence-electron chi connectivity index (χ1n) is 3.31. The van der Waals surface area contributed by atoms with Crippen molar-refractivity contribution < 1.29 is 13.5 Å². The van der Waals surface area contributed by atoms with E-state index in [4.69, 9.17) is 0 Å². The molecule has 0 aliphatic rings. The SMILES string of the molecule is COc1c(C(F)F)c(I)c[nH]c1=O. The first-order valence-corrected chi connectivity index (χ1v) is 4.39. The average Bonchev–Trinajstić information content (AvgIpc) is 2.07. The standard InChI is InChI=1S/C7H6F2INO2/c1-13-5-4(6(8)9)3(10)2-11-7(5)12/h2,6H,1H3,(H,11,12). The van der Waals surface area contributed by atoms with Crippen molar-refractivity contribution in [2.24, 2.45) is 0 Å². The highest BCUT2D eigenvalue weighted by Crippen LogP contribution is 2.29. The maximum Gasteiger partial charge on any atom is 0.290 e. The Kier molecular flexibility index (Phi) is 3.23. The van der Waals surface area contributed by atoms with Crippen LogP contribution in [0, 0.1) is 3.57 Å². The number of alkyl halides is 2. The van der Waals surface area contributed by atoms with Gasteiger partial charge >= 0.3 is 0 Å². The van der Waals surface area contributed by atoms with Crippen molar-refractivity contribution in [1.82, 2.24) is 4.98 Å². The third-order valence-corrected chi connectivity index (χ3v) is 2.35. The van der Waals surface area contributed by atoms with Gasteiger partial charge in [0.05, 0.1) is 12.7 Å². The minimum atomic E-state index is -2.70. The number of H-pyrrole nitrogens is 1. The fourth-order valence-electron chi connectivity index (χ4n) is 0.909. The highest BCUT2D eigenvalue weighted by Gasteiger charge is 2.20. The lowest BCUT2D eigenvalue weighted by atomic mass is 10.2. The second-order valence-electron chi connectivity index (χ2n) is 2.21. The summed E-state index contributed by atoms with van der Waals surface area (Å²) < 4.78 is 29.7. The Morgan fingerprint density at radius 2 is 2.23 bits per heavy atom. The minimum Gasteiger partial charge on any atom is -0.491 e. The van der Waals surface area contributed by atoms with Crippen molar-refractivity contribution in [2.75, 3.05) is 7.11 Å². The topological polar surface area (TPSA) is 42.1 Å². The number of hydrogen-bond acceptors (Lipinski definition) is 2.